The van der Waals surface area contributed by atoms with Crippen molar-refractivity contribution in [2.45, 2.75) is 25.7 Å². The molecule has 0 saturated carbocycles. The number of carboxylic acids is 1. The van der Waals surface area contributed by atoms with E-state index in [1.165, 1.54) is 32.4 Å². The molecule has 0 spiro atoms. The largest absolute Gasteiger partial charge is 0.481 e. The molecule has 1 aliphatic rings. The van der Waals surface area contributed by atoms with Crippen LogP contribution in [-0.4, -0.2) is 60.6 Å². The van der Waals surface area contributed by atoms with Crippen LogP contribution in [0.25, 0.3) is 0 Å². The monoisotopic (exact) mass is 214 g/mol. The minimum absolute atomic E-state index is 0.247. The summed E-state index contributed by atoms with van der Waals surface area (Å²) in [6.07, 6.45) is 4.25. The molecule has 0 aromatic heterocycles. The molecule has 1 N–H and O–H groups in total. The normalized spacial score (nSPS) is 18.3. The summed E-state index contributed by atoms with van der Waals surface area (Å²) in [6.45, 7) is 5.14. The van der Waals surface area contributed by atoms with Crippen LogP contribution in [0.1, 0.15) is 25.7 Å². The summed E-state index contributed by atoms with van der Waals surface area (Å²) in [4.78, 5) is 14.9. The highest BCUT2D eigenvalue weighted by Gasteiger charge is 2.10. The topological polar surface area (TPSA) is 43.8 Å². The van der Waals surface area contributed by atoms with Crippen LogP contribution < -0.4 is 0 Å². The molecule has 0 atom stereocenters. The number of carboxylic acid groups (broad SMARTS) is 1. The van der Waals surface area contributed by atoms with E-state index in [1.54, 1.807) is 0 Å². The number of aliphatic carboxylic acids is 1. The molecule has 1 aliphatic heterocycles. The first-order chi connectivity index (χ1) is 7.18. The molecule has 0 unspecified atom stereocenters. The molecule has 15 heavy (non-hydrogen) atoms. The molecule has 4 heteroatoms. The van der Waals surface area contributed by atoms with Crippen LogP contribution in [0.2, 0.25) is 0 Å². The number of carbonyl (C=O) groups is 1. The fourth-order valence-electron chi connectivity index (χ4n) is 1.89. The lowest BCUT2D eigenvalue weighted by Gasteiger charge is -2.28. The van der Waals surface area contributed by atoms with Gasteiger partial charge in [-0.3, -0.25) is 4.79 Å². The Morgan fingerprint density at radius 1 is 1.27 bits per heavy atom. The van der Waals surface area contributed by atoms with Crippen LogP contribution >= 0.6 is 0 Å². The Hall–Kier alpha value is -0.610. The molecular weight excluding hydrogens is 192 g/mol. The van der Waals surface area contributed by atoms with Gasteiger partial charge in [-0.1, -0.05) is 6.42 Å². The third-order valence-corrected chi connectivity index (χ3v) is 2.95. The van der Waals surface area contributed by atoms with Crippen molar-refractivity contribution < 1.29 is 9.90 Å². The van der Waals surface area contributed by atoms with Crippen LogP contribution in [0.3, 0.4) is 0 Å². The lowest BCUT2D eigenvalue weighted by molar-refractivity contribution is -0.137. The van der Waals surface area contributed by atoms with Crippen molar-refractivity contribution >= 4 is 5.97 Å². The van der Waals surface area contributed by atoms with Crippen molar-refractivity contribution in [2.75, 3.05) is 39.8 Å². The molecule has 0 aromatic rings. The molecule has 0 aromatic carbocycles. The number of rotatable bonds is 6. The Labute approximate surface area is 91.9 Å². The number of hydrogen-bond donors (Lipinski definition) is 1. The number of nitrogens with zero attached hydrogens (tertiary/aromatic N) is 2. The van der Waals surface area contributed by atoms with Crippen LogP contribution in [0.4, 0.5) is 0 Å². The van der Waals surface area contributed by atoms with E-state index in [2.05, 4.69) is 9.80 Å². The summed E-state index contributed by atoms with van der Waals surface area (Å²) in [5, 5.41) is 8.54. The zero-order valence-corrected chi connectivity index (χ0v) is 9.61. The van der Waals surface area contributed by atoms with Crippen LogP contribution in [0.15, 0.2) is 0 Å². The van der Waals surface area contributed by atoms with E-state index in [-0.39, 0.29) is 6.42 Å². The van der Waals surface area contributed by atoms with Gasteiger partial charge in [-0.15, -0.1) is 0 Å². The maximum Gasteiger partial charge on any atom is 0.304 e. The molecule has 0 radical (unpaired) electrons. The second kappa shape index (κ2) is 6.80. The van der Waals surface area contributed by atoms with E-state index in [0.29, 0.717) is 6.54 Å². The standard InChI is InChI=1S/C11H22N2O2/c1-12(8-5-11(14)15)9-10-13-6-3-2-4-7-13/h2-10H2,1H3,(H,14,15). The fraction of sp³-hybridized carbons (Fsp3) is 0.909. The molecule has 1 heterocycles. The molecule has 4 nitrogen and oxygen atoms in total. The second-order valence-corrected chi connectivity index (χ2v) is 4.35. The van der Waals surface area contributed by atoms with Crippen molar-refractivity contribution in [3.8, 4) is 0 Å². The third-order valence-electron chi connectivity index (χ3n) is 2.95. The molecule has 1 rings (SSSR count). The summed E-state index contributed by atoms with van der Waals surface area (Å²) in [5.74, 6) is -0.708. The van der Waals surface area contributed by atoms with E-state index in [9.17, 15) is 4.79 Å². The molecule has 0 bridgehead atoms. The highest BCUT2D eigenvalue weighted by Crippen LogP contribution is 2.07. The molecule has 1 saturated heterocycles. The fourth-order valence-corrected chi connectivity index (χ4v) is 1.89. The summed E-state index contributed by atoms with van der Waals surface area (Å²) in [5.41, 5.74) is 0. The quantitative estimate of drug-likeness (QED) is 0.713. The Bertz CT molecular complexity index is 191. The van der Waals surface area contributed by atoms with Crippen molar-refractivity contribution in [1.29, 1.82) is 0 Å². The van der Waals surface area contributed by atoms with Crippen LogP contribution in [0.5, 0.6) is 0 Å². The Balaban J connectivity index is 2.04. The summed E-state index contributed by atoms with van der Waals surface area (Å²) in [6, 6.07) is 0. The smallest absolute Gasteiger partial charge is 0.304 e. The lowest BCUT2D eigenvalue weighted by Crippen LogP contribution is -2.37. The number of hydrogen-bond acceptors (Lipinski definition) is 3. The number of likely N-dealkylation sites (N-methyl/N-ethyl adjacent to an activating group) is 1. The van der Waals surface area contributed by atoms with Crippen LogP contribution in [0, 0.1) is 0 Å². The Morgan fingerprint density at radius 3 is 2.53 bits per heavy atom. The van der Waals surface area contributed by atoms with Gasteiger partial charge in [0.1, 0.15) is 0 Å². The maximum absolute atomic E-state index is 10.4. The SMILES string of the molecule is CN(CCC(=O)O)CCN1CCCCC1. The molecule has 0 aliphatic carbocycles. The minimum atomic E-state index is -0.708. The third kappa shape index (κ3) is 5.74. The van der Waals surface area contributed by atoms with E-state index >= 15 is 0 Å². The maximum atomic E-state index is 10.4. The minimum Gasteiger partial charge on any atom is -0.481 e. The summed E-state index contributed by atoms with van der Waals surface area (Å²) < 4.78 is 0. The average molecular weight is 214 g/mol. The summed E-state index contributed by atoms with van der Waals surface area (Å²) in [7, 11) is 1.99. The molecule has 0 amide bonds. The highest BCUT2D eigenvalue weighted by atomic mass is 16.4. The van der Waals surface area contributed by atoms with E-state index in [1.807, 2.05) is 7.05 Å². The Kier molecular flexibility index (Phi) is 5.65. The van der Waals surface area contributed by atoms with E-state index < -0.39 is 5.97 Å². The lowest BCUT2D eigenvalue weighted by atomic mass is 10.1. The van der Waals surface area contributed by atoms with Crippen LogP contribution in [-0.2, 0) is 4.79 Å². The summed E-state index contributed by atoms with van der Waals surface area (Å²) >= 11 is 0. The van der Waals surface area contributed by atoms with E-state index in [0.717, 1.165) is 13.1 Å². The van der Waals surface area contributed by atoms with Gasteiger partial charge in [0, 0.05) is 19.6 Å². The van der Waals surface area contributed by atoms with Gasteiger partial charge >= 0.3 is 5.97 Å². The number of piperidine rings is 1. The van der Waals surface area contributed by atoms with Gasteiger partial charge in [-0.25, -0.2) is 0 Å². The first-order valence-corrected chi connectivity index (χ1v) is 5.81. The molecule has 1 fully saturated rings. The Morgan fingerprint density at radius 2 is 1.93 bits per heavy atom. The van der Waals surface area contributed by atoms with Gasteiger partial charge < -0.3 is 14.9 Å². The predicted octanol–water partition coefficient (Wildman–Crippen LogP) is 0.879. The molecular formula is C11H22N2O2. The van der Waals surface area contributed by atoms with Gasteiger partial charge in [0.05, 0.1) is 6.42 Å². The highest BCUT2D eigenvalue weighted by molar-refractivity contribution is 5.66. The van der Waals surface area contributed by atoms with Crippen molar-refractivity contribution in [2.24, 2.45) is 0 Å². The second-order valence-electron chi connectivity index (χ2n) is 4.35. The zero-order valence-electron chi connectivity index (χ0n) is 9.61. The number of likely N-dealkylation sites (tertiary alicyclic amines) is 1. The zero-order chi connectivity index (χ0) is 11.1. The van der Waals surface area contributed by atoms with Gasteiger partial charge in [-0.05, 0) is 33.0 Å². The first kappa shape index (κ1) is 12.5. The van der Waals surface area contributed by atoms with Gasteiger partial charge in [0.2, 0.25) is 0 Å². The van der Waals surface area contributed by atoms with Gasteiger partial charge in [0.15, 0.2) is 0 Å². The van der Waals surface area contributed by atoms with Gasteiger partial charge in [0.25, 0.3) is 0 Å². The molecule has 88 valence electrons. The first-order valence-electron chi connectivity index (χ1n) is 5.81. The average Bonchev–Trinajstić information content (AvgIpc) is 2.25. The van der Waals surface area contributed by atoms with Crippen molar-refractivity contribution in [1.82, 2.24) is 9.80 Å². The van der Waals surface area contributed by atoms with Gasteiger partial charge in [-0.2, -0.15) is 0 Å². The predicted molar refractivity (Wildman–Crippen MR) is 60.0 cm³/mol. The van der Waals surface area contributed by atoms with Crippen molar-refractivity contribution in [3.05, 3.63) is 0 Å². The van der Waals surface area contributed by atoms with Crippen molar-refractivity contribution in [3.63, 3.8) is 0 Å². The van der Waals surface area contributed by atoms with E-state index in [4.69, 9.17) is 5.11 Å².